The zero-order valence-corrected chi connectivity index (χ0v) is 14.0. The van der Waals surface area contributed by atoms with Gasteiger partial charge in [-0.2, -0.15) is 0 Å². The molecule has 21 heavy (non-hydrogen) atoms. The van der Waals surface area contributed by atoms with Crippen LogP contribution in [0.15, 0.2) is 5.38 Å². The van der Waals surface area contributed by atoms with Crippen LogP contribution in [0, 0.1) is 11.3 Å². The van der Waals surface area contributed by atoms with Gasteiger partial charge in [0.15, 0.2) is 10.9 Å². The Morgan fingerprint density at radius 3 is 2.52 bits per heavy atom. The van der Waals surface area contributed by atoms with Gasteiger partial charge in [0.1, 0.15) is 5.69 Å². The molecular formula is C15H25N3O2S. The van der Waals surface area contributed by atoms with Crippen molar-refractivity contribution in [3.05, 3.63) is 11.1 Å². The molecule has 6 heteroatoms. The number of aromatic nitrogens is 1. The number of thiazole rings is 1. The maximum Gasteiger partial charge on any atom is 0.226 e. The fourth-order valence-electron chi connectivity index (χ4n) is 2.19. The predicted molar refractivity (Wildman–Crippen MR) is 86.6 cm³/mol. The fourth-order valence-corrected chi connectivity index (χ4v) is 2.96. The normalized spacial score (nSPS) is 13.0. The number of Topliss-reactive ketones (excluding diaryl/α,β-unsaturated/α-hetero) is 1. The fraction of sp³-hybridized carbons (Fsp3) is 0.667. The van der Waals surface area contributed by atoms with Gasteiger partial charge < -0.3 is 11.1 Å². The summed E-state index contributed by atoms with van der Waals surface area (Å²) in [7, 11) is 0. The Bertz CT molecular complexity index is 491. The molecule has 1 atom stereocenters. The zero-order chi connectivity index (χ0) is 16.0. The number of nitrogens with zero attached hydrogens (tertiary/aromatic N) is 1. The predicted octanol–water partition coefficient (Wildman–Crippen LogP) is 3.08. The van der Waals surface area contributed by atoms with Gasteiger partial charge in [-0.25, -0.2) is 4.98 Å². The number of nitrogens with one attached hydrogen (secondary N) is 1. The Morgan fingerprint density at radius 1 is 1.38 bits per heavy atom. The van der Waals surface area contributed by atoms with Gasteiger partial charge in [-0.1, -0.05) is 20.8 Å². The second-order valence-corrected chi connectivity index (χ2v) is 7.18. The summed E-state index contributed by atoms with van der Waals surface area (Å²) >= 11 is 1.27. The summed E-state index contributed by atoms with van der Waals surface area (Å²) < 4.78 is 0. The third-order valence-corrected chi connectivity index (χ3v) is 4.33. The highest BCUT2D eigenvalue weighted by Crippen LogP contribution is 2.32. The number of carbonyl (C=O) groups is 2. The monoisotopic (exact) mass is 311 g/mol. The molecule has 5 nitrogen and oxygen atoms in total. The molecular weight excluding hydrogens is 286 g/mol. The van der Waals surface area contributed by atoms with Gasteiger partial charge in [-0.05, 0) is 30.7 Å². The van der Waals surface area contributed by atoms with Gasteiger partial charge in [0.05, 0.1) is 0 Å². The lowest BCUT2D eigenvalue weighted by molar-refractivity contribution is -0.116. The minimum absolute atomic E-state index is 0.0641. The molecule has 0 fully saturated rings. The van der Waals surface area contributed by atoms with Crippen molar-refractivity contribution >= 4 is 28.2 Å². The molecule has 1 aromatic rings. The molecule has 1 amide bonds. The third kappa shape index (κ3) is 5.93. The molecule has 0 aliphatic carbocycles. The number of hydrogen-bond donors (Lipinski definition) is 2. The molecule has 0 aliphatic rings. The summed E-state index contributed by atoms with van der Waals surface area (Å²) in [6, 6.07) is 0. The van der Waals surface area contributed by atoms with Gasteiger partial charge in [0, 0.05) is 18.7 Å². The number of anilines is 1. The Labute approximate surface area is 130 Å². The summed E-state index contributed by atoms with van der Waals surface area (Å²) in [6.45, 7) is 8.61. The second-order valence-electron chi connectivity index (χ2n) is 6.32. The zero-order valence-electron chi connectivity index (χ0n) is 13.2. The molecule has 0 bridgehead atoms. The number of hydrogen-bond acceptors (Lipinski definition) is 5. The minimum atomic E-state index is -0.0949. The standard InChI is InChI=1S/C15H25N3O2S/c1-10(19)12-9-21-14(17-12)18-13(20)6-5-11(7-8-16)15(2,3)4/h9,11H,5-8,16H2,1-4H3,(H,17,18,20). The molecule has 0 saturated heterocycles. The molecule has 1 unspecified atom stereocenters. The van der Waals surface area contributed by atoms with Crippen LogP contribution in [0.1, 0.15) is 57.4 Å². The maximum absolute atomic E-state index is 12.0. The van der Waals surface area contributed by atoms with Crippen molar-refractivity contribution in [2.24, 2.45) is 17.1 Å². The summed E-state index contributed by atoms with van der Waals surface area (Å²) in [5, 5.41) is 4.89. The smallest absolute Gasteiger partial charge is 0.226 e. The number of ketones is 1. The van der Waals surface area contributed by atoms with Crippen LogP contribution >= 0.6 is 11.3 Å². The van der Waals surface area contributed by atoms with E-state index in [0.717, 1.165) is 12.8 Å². The molecule has 0 aliphatic heterocycles. The van der Waals surface area contributed by atoms with Crippen LogP contribution in [0.2, 0.25) is 0 Å². The highest BCUT2D eigenvalue weighted by atomic mass is 32.1. The molecule has 1 aromatic heterocycles. The Hall–Kier alpha value is -1.27. The Balaban J connectivity index is 2.50. The minimum Gasteiger partial charge on any atom is -0.330 e. The van der Waals surface area contributed by atoms with Crippen LogP contribution in [-0.2, 0) is 4.79 Å². The van der Waals surface area contributed by atoms with E-state index < -0.39 is 0 Å². The Morgan fingerprint density at radius 2 is 2.05 bits per heavy atom. The van der Waals surface area contributed by atoms with E-state index in [1.165, 1.54) is 18.3 Å². The van der Waals surface area contributed by atoms with E-state index in [1.54, 1.807) is 5.38 Å². The van der Waals surface area contributed by atoms with E-state index in [4.69, 9.17) is 5.73 Å². The average Bonchev–Trinajstić information content (AvgIpc) is 2.81. The van der Waals surface area contributed by atoms with E-state index in [1.807, 2.05) is 0 Å². The van der Waals surface area contributed by atoms with Crippen LogP contribution in [-0.4, -0.2) is 23.2 Å². The Kier molecular flexibility index (Phi) is 6.48. The summed E-state index contributed by atoms with van der Waals surface area (Å²) in [4.78, 5) is 27.2. The van der Waals surface area contributed by atoms with Crippen molar-refractivity contribution in [2.75, 3.05) is 11.9 Å². The molecule has 0 saturated carbocycles. The van der Waals surface area contributed by atoms with Gasteiger partial charge in [-0.15, -0.1) is 11.3 Å². The second kappa shape index (κ2) is 7.66. The van der Waals surface area contributed by atoms with Gasteiger partial charge in [0.25, 0.3) is 0 Å². The summed E-state index contributed by atoms with van der Waals surface area (Å²) in [5.74, 6) is 0.255. The quantitative estimate of drug-likeness (QED) is 0.758. The van der Waals surface area contributed by atoms with Crippen LogP contribution in [0.3, 0.4) is 0 Å². The molecule has 0 spiro atoms. The van der Waals surface area contributed by atoms with E-state index in [-0.39, 0.29) is 17.1 Å². The summed E-state index contributed by atoms with van der Waals surface area (Å²) in [5.41, 5.74) is 6.18. The highest BCUT2D eigenvalue weighted by Gasteiger charge is 2.24. The van der Waals surface area contributed by atoms with Crippen LogP contribution < -0.4 is 11.1 Å². The molecule has 1 heterocycles. The molecule has 0 aromatic carbocycles. The topological polar surface area (TPSA) is 85.1 Å². The van der Waals surface area contributed by atoms with Crippen molar-refractivity contribution in [2.45, 2.75) is 47.0 Å². The third-order valence-electron chi connectivity index (χ3n) is 3.57. The first kappa shape index (κ1) is 17.8. The first-order valence-corrected chi connectivity index (χ1v) is 8.08. The van der Waals surface area contributed by atoms with Gasteiger partial charge in [0.2, 0.25) is 5.91 Å². The average molecular weight is 311 g/mol. The first-order valence-electron chi connectivity index (χ1n) is 7.20. The van der Waals surface area contributed by atoms with Crippen molar-refractivity contribution in [3.8, 4) is 0 Å². The van der Waals surface area contributed by atoms with Gasteiger partial charge >= 0.3 is 0 Å². The lowest BCUT2D eigenvalue weighted by Crippen LogP contribution is -2.25. The number of carbonyl (C=O) groups excluding carboxylic acids is 2. The molecule has 0 radical (unpaired) electrons. The van der Waals surface area contributed by atoms with E-state index >= 15 is 0 Å². The summed E-state index contributed by atoms with van der Waals surface area (Å²) in [6.07, 6.45) is 2.16. The number of amides is 1. The number of rotatable bonds is 7. The van der Waals surface area contributed by atoms with Gasteiger partial charge in [-0.3, -0.25) is 9.59 Å². The number of nitrogens with two attached hydrogens (primary N) is 1. The van der Waals surface area contributed by atoms with Crippen molar-refractivity contribution < 1.29 is 9.59 Å². The van der Waals surface area contributed by atoms with Crippen LogP contribution in [0.4, 0.5) is 5.13 Å². The van der Waals surface area contributed by atoms with Crippen molar-refractivity contribution in [3.63, 3.8) is 0 Å². The van der Waals surface area contributed by atoms with Crippen LogP contribution in [0.5, 0.6) is 0 Å². The molecule has 3 N–H and O–H groups in total. The molecule has 118 valence electrons. The highest BCUT2D eigenvalue weighted by molar-refractivity contribution is 7.14. The molecule has 1 rings (SSSR count). The maximum atomic E-state index is 12.0. The van der Waals surface area contributed by atoms with E-state index in [0.29, 0.717) is 29.7 Å². The first-order chi connectivity index (χ1) is 9.74. The van der Waals surface area contributed by atoms with Crippen molar-refractivity contribution in [1.82, 2.24) is 4.98 Å². The SMILES string of the molecule is CC(=O)c1csc(NC(=O)CCC(CCN)C(C)(C)C)n1. The van der Waals surface area contributed by atoms with E-state index in [2.05, 4.69) is 31.1 Å². The van der Waals surface area contributed by atoms with Crippen LogP contribution in [0.25, 0.3) is 0 Å². The lowest BCUT2D eigenvalue weighted by Gasteiger charge is -2.30. The lowest BCUT2D eigenvalue weighted by atomic mass is 9.76. The van der Waals surface area contributed by atoms with E-state index in [9.17, 15) is 9.59 Å². The largest absolute Gasteiger partial charge is 0.330 e. The van der Waals surface area contributed by atoms with Crippen molar-refractivity contribution in [1.29, 1.82) is 0 Å².